The molecule has 0 saturated carbocycles. The number of hydrogen-bond acceptors (Lipinski definition) is 4. The molecule has 6 rings (SSSR count). The summed E-state index contributed by atoms with van der Waals surface area (Å²) >= 11 is 0. The van der Waals surface area contributed by atoms with Gasteiger partial charge in [-0.3, -0.25) is 0 Å². The van der Waals surface area contributed by atoms with Crippen LogP contribution in [-0.4, -0.2) is 14.7 Å². The van der Waals surface area contributed by atoms with Crippen molar-refractivity contribution in [2.24, 2.45) is 0 Å². The van der Waals surface area contributed by atoms with E-state index in [0.29, 0.717) is 0 Å². The van der Waals surface area contributed by atoms with Crippen LogP contribution >= 0.6 is 7.94 Å². The number of rotatable bonds is 5. The number of para-hydroxylation sites is 1. The van der Waals surface area contributed by atoms with Gasteiger partial charge in [0.15, 0.2) is 5.30 Å². The average Bonchev–Trinajstić information content (AvgIpc) is 2.94. The van der Waals surface area contributed by atoms with Gasteiger partial charge in [-0.2, -0.15) is 14.7 Å². The van der Waals surface area contributed by atoms with Gasteiger partial charge in [-0.15, -0.1) is 0 Å². The Balaban J connectivity index is 1.71. The summed E-state index contributed by atoms with van der Waals surface area (Å²) in [6.45, 7) is 0. The van der Waals surface area contributed by atoms with Gasteiger partial charge in [0.05, 0.1) is 5.69 Å². The first kappa shape index (κ1) is 23.4. The van der Waals surface area contributed by atoms with Gasteiger partial charge in [0.1, 0.15) is 0 Å². The van der Waals surface area contributed by atoms with Crippen LogP contribution in [0.15, 0.2) is 133 Å². The molecule has 0 aliphatic rings. The van der Waals surface area contributed by atoms with E-state index in [0.717, 1.165) is 44.2 Å². The molecule has 6 aromatic rings. The lowest BCUT2D eigenvalue weighted by molar-refractivity contribution is 0.347. The van der Waals surface area contributed by atoms with Crippen molar-refractivity contribution in [3.63, 3.8) is 0 Å². The van der Waals surface area contributed by atoms with E-state index < -0.39 is 7.94 Å². The molecule has 0 heterocycles. The lowest BCUT2D eigenvalue weighted by Crippen LogP contribution is -2.14. The highest BCUT2D eigenvalue weighted by atomic mass is 31.2. The second kappa shape index (κ2) is 9.44. The largest absolute Gasteiger partial charge is 0.440 e. The molecule has 0 aliphatic carbocycles. The number of hydrogen-bond donors (Lipinski definition) is 3. The fourth-order valence-electron chi connectivity index (χ4n) is 5.05. The maximum atomic E-state index is 9.78. The van der Waals surface area contributed by atoms with Crippen molar-refractivity contribution in [1.82, 2.24) is 0 Å². The Morgan fingerprint density at radius 3 is 1.38 bits per heavy atom. The molecule has 180 valence electrons. The van der Waals surface area contributed by atoms with E-state index in [4.69, 9.17) is 0 Å². The van der Waals surface area contributed by atoms with Crippen LogP contribution in [0, 0.1) is 0 Å². The van der Waals surface area contributed by atoms with Crippen molar-refractivity contribution >= 4 is 51.9 Å². The lowest BCUT2D eigenvalue weighted by atomic mass is 9.90. The fraction of sp³-hybridized carbons (Fsp3) is 0. The average molecular weight is 503 g/mol. The standard InChI is InChI=1S/C32H25NO3P/c34-37(35,36)26-21-19-25(20-22-26)33(24-13-5-2-6-14-24)32-29-17-9-7-15-27(29)31(23-11-3-1-4-12-23)28-16-8-10-18-30(28)32/h1-22,34-36H/q+1. The van der Waals surface area contributed by atoms with Gasteiger partial charge in [0.25, 0.3) is 0 Å². The molecule has 0 amide bonds. The molecule has 0 fully saturated rings. The predicted molar refractivity (Wildman–Crippen MR) is 155 cm³/mol. The number of fused-ring (bicyclic) bond motifs is 2. The zero-order valence-electron chi connectivity index (χ0n) is 19.9. The zero-order valence-corrected chi connectivity index (χ0v) is 20.8. The first-order valence-corrected chi connectivity index (χ1v) is 13.7. The zero-order chi connectivity index (χ0) is 25.4. The van der Waals surface area contributed by atoms with Crippen LogP contribution in [0.1, 0.15) is 0 Å². The normalized spacial score (nSPS) is 11.6. The van der Waals surface area contributed by atoms with Crippen molar-refractivity contribution in [1.29, 1.82) is 0 Å². The molecule has 0 radical (unpaired) electrons. The number of anilines is 3. The van der Waals surface area contributed by atoms with Crippen molar-refractivity contribution in [2.75, 3.05) is 4.90 Å². The minimum absolute atomic E-state index is 0.110. The molecule has 0 saturated heterocycles. The molecule has 0 aliphatic heterocycles. The van der Waals surface area contributed by atoms with Gasteiger partial charge in [-0.25, -0.2) is 0 Å². The minimum atomic E-state index is -4.10. The quantitative estimate of drug-likeness (QED) is 0.169. The summed E-state index contributed by atoms with van der Waals surface area (Å²) in [5.74, 6) is 0. The van der Waals surface area contributed by atoms with Crippen LogP contribution in [0.5, 0.6) is 0 Å². The van der Waals surface area contributed by atoms with E-state index in [1.54, 1.807) is 12.1 Å². The Morgan fingerprint density at radius 2 is 0.865 bits per heavy atom. The Bertz CT molecular complexity index is 1640. The molecular weight excluding hydrogens is 477 g/mol. The third kappa shape index (κ3) is 4.27. The van der Waals surface area contributed by atoms with Crippen LogP contribution in [0.25, 0.3) is 32.7 Å². The summed E-state index contributed by atoms with van der Waals surface area (Å²) in [6.07, 6.45) is 0. The van der Waals surface area contributed by atoms with E-state index in [1.165, 1.54) is 5.56 Å². The highest BCUT2D eigenvalue weighted by Gasteiger charge is 2.34. The van der Waals surface area contributed by atoms with E-state index in [-0.39, 0.29) is 5.30 Å². The Labute approximate surface area is 215 Å². The van der Waals surface area contributed by atoms with Crippen molar-refractivity contribution < 1.29 is 14.7 Å². The molecule has 0 unspecified atom stereocenters. The summed E-state index contributed by atoms with van der Waals surface area (Å²) in [6, 6.07) is 44.3. The van der Waals surface area contributed by atoms with E-state index in [1.807, 2.05) is 36.4 Å². The fourth-order valence-corrected chi connectivity index (χ4v) is 5.60. The van der Waals surface area contributed by atoms with Crippen molar-refractivity contribution in [3.8, 4) is 11.1 Å². The molecule has 5 heteroatoms. The van der Waals surface area contributed by atoms with E-state index in [2.05, 4.69) is 89.8 Å². The van der Waals surface area contributed by atoms with Gasteiger partial charge in [0, 0.05) is 22.1 Å². The maximum Gasteiger partial charge on any atom is 0.440 e. The summed E-state index contributed by atoms with van der Waals surface area (Å²) in [7, 11) is -4.10. The third-order valence-electron chi connectivity index (χ3n) is 6.66. The summed E-state index contributed by atoms with van der Waals surface area (Å²) in [5, 5.41) is 4.60. The molecular formula is C32H25NO3P+. The van der Waals surface area contributed by atoms with Crippen LogP contribution < -0.4 is 10.2 Å². The Morgan fingerprint density at radius 1 is 0.432 bits per heavy atom. The summed E-state index contributed by atoms with van der Waals surface area (Å²) < 4.78 is 0. The molecule has 0 aromatic heterocycles. The number of nitrogens with zero attached hydrogens (tertiary/aromatic N) is 1. The van der Waals surface area contributed by atoms with Crippen LogP contribution in [0.4, 0.5) is 17.1 Å². The second-order valence-corrected chi connectivity index (χ2v) is 10.6. The third-order valence-corrected chi connectivity index (χ3v) is 7.65. The Hall–Kier alpha value is -4.05. The van der Waals surface area contributed by atoms with Gasteiger partial charge in [-0.05, 0) is 58.3 Å². The maximum absolute atomic E-state index is 9.78. The second-order valence-electron chi connectivity index (χ2n) is 8.94. The van der Waals surface area contributed by atoms with Gasteiger partial charge < -0.3 is 4.90 Å². The summed E-state index contributed by atoms with van der Waals surface area (Å²) in [5.41, 5.74) is 5.19. The molecule has 6 aromatic carbocycles. The van der Waals surface area contributed by atoms with Crippen LogP contribution in [0.3, 0.4) is 0 Å². The molecule has 0 atom stereocenters. The Kier molecular flexibility index (Phi) is 5.96. The summed E-state index contributed by atoms with van der Waals surface area (Å²) in [4.78, 5) is 31.5. The van der Waals surface area contributed by atoms with Crippen LogP contribution in [0.2, 0.25) is 0 Å². The highest BCUT2D eigenvalue weighted by molar-refractivity contribution is 7.66. The van der Waals surface area contributed by atoms with Crippen LogP contribution in [-0.2, 0) is 0 Å². The smallest absolute Gasteiger partial charge is 0.309 e. The minimum Gasteiger partial charge on any atom is -0.309 e. The molecule has 3 N–H and O–H groups in total. The highest BCUT2D eigenvalue weighted by Crippen LogP contribution is 2.48. The first-order valence-electron chi connectivity index (χ1n) is 12.0. The molecule has 4 nitrogen and oxygen atoms in total. The number of benzene rings is 6. The lowest BCUT2D eigenvalue weighted by Gasteiger charge is -2.29. The molecule has 0 bridgehead atoms. The SMILES string of the molecule is O[P+](O)(O)c1ccc(N(c2ccccc2)c2c3ccccc3c(-c3ccccc3)c3ccccc23)cc1. The first-order chi connectivity index (χ1) is 18.0. The van der Waals surface area contributed by atoms with E-state index >= 15 is 0 Å². The van der Waals surface area contributed by atoms with Gasteiger partial charge in [-0.1, -0.05) is 97.1 Å². The molecule has 37 heavy (non-hydrogen) atoms. The topological polar surface area (TPSA) is 63.9 Å². The van der Waals surface area contributed by atoms with Gasteiger partial charge in [0.2, 0.25) is 0 Å². The van der Waals surface area contributed by atoms with Gasteiger partial charge >= 0.3 is 7.94 Å². The monoisotopic (exact) mass is 502 g/mol. The van der Waals surface area contributed by atoms with E-state index in [9.17, 15) is 14.7 Å². The van der Waals surface area contributed by atoms with Crippen molar-refractivity contribution in [3.05, 3.63) is 133 Å². The molecule has 0 spiro atoms. The van der Waals surface area contributed by atoms with Crippen molar-refractivity contribution in [2.45, 2.75) is 0 Å². The predicted octanol–water partition coefficient (Wildman–Crippen LogP) is 7.49.